The Hall–Kier alpha value is -3.72. The van der Waals surface area contributed by atoms with Crippen LogP contribution in [0.2, 0.25) is 0 Å². The highest BCUT2D eigenvalue weighted by Crippen LogP contribution is 2.28. The number of rotatable bonds is 8. The predicted molar refractivity (Wildman–Crippen MR) is 114 cm³/mol. The summed E-state index contributed by atoms with van der Waals surface area (Å²) < 4.78 is 18.5. The second-order valence-corrected chi connectivity index (χ2v) is 6.74. The topological polar surface area (TPSA) is 73.5 Å². The molecule has 2 aromatic carbocycles. The molecule has 0 spiro atoms. The molecule has 1 aromatic heterocycles. The SMILES string of the molecule is CCOc1ccc(-n2c(C)cc(C(=O)COc3ccc(C#N)cc3OC)c2C)cc1. The normalized spacial score (nSPS) is 10.4. The van der Waals surface area contributed by atoms with Crippen molar-refractivity contribution in [3.63, 3.8) is 0 Å². The van der Waals surface area contributed by atoms with E-state index in [4.69, 9.17) is 19.5 Å². The summed E-state index contributed by atoms with van der Waals surface area (Å²) in [6.07, 6.45) is 0. The van der Waals surface area contributed by atoms with Crippen LogP contribution in [0.25, 0.3) is 5.69 Å². The number of nitrogens with zero attached hydrogens (tertiary/aromatic N) is 2. The van der Waals surface area contributed by atoms with Crippen LogP contribution in [0.15, 0.2) is 48.5 Å². The average Bonchev–Trinajstić information content (AvgIpc) is 3.06. The van der Waals surface area contributed by atoms with Gasteiger partial charge in [-0.3, -0.25) is 4.79 Å². The summed E-state index contributed by atoms with van der Waals surface area (Å²) in [5.74, 6) is 1.52. The van der Waals surface area contributed by atoms with Gasteiger partial charge in [0.15, 0.2) is 18.1 Å². The molecule has 0 saturated carbocycles. The molecule has 0 bridgehead atoms. The van der Waals surface area contributed by atoms with E-state index in [9.17, 15) is 4.79 Å². The summed E-state index contributed by atoms with van der Waals surface area (Å²) >= 11 is 0. The van der Waals surface area contributed by atoms with Crippen LogP contribution in [0, 0.1) is 25.2 Å². The maximum Gasteiger partial charge on any atom is 0.202 e. The van der Waals surface area contributed by atoms with E-state index >= 15 is 0 Å². The lowest BCUT2D eigenvalue weighted by Gasteiger charge is -2.12. The van der Waals surface area contributed by atoms with Gasteiger partial charge in [0.2, 0.25) is 5.78 Å². The molecule has 3 aromatic rings. The molecule has 0 aliphatic rings. The van der Waals surface area contributed by atoms with Gasteiger partial charge in [0, 0.05) is 28.7 Å². The van der Waals surface area contributed by atoms with Gasteiger partial charge in [0.1, 0.15) is 5.75 Å². The quantitative estimate of drug-likeness (QED) is 0.512. The first-order valence-corrected chi connectivity index (χ1v) is 9.64. The van der Waals surface area contributed by atoms with Crippen LogP contribution < -0.4 is 14.2 Å². The van der Waals surface area contributed by atoms with Gasteiger partial charge in [-0.25, -0.2) is 0 Å². The van der Waals surface area contributed by atoms with Gasteiger partial charge < -0.3 is 18.8 Å². The van der Waals surface area contributed by atoms with Gasteiger partial charge in [0.05, 0.1) is 25.3 Å². The monoisotopic (exact) mass is 404 g/mol. The van der Waals surface area contributed by atoms with Crippen molar-refractivity contribution in [3.05, 3.63) is 71.0 Å². The maximum absolute atomic E-state index is 12.8. The largest absolute Gasteiger partial charge is 0.494 e. The summed E-state index contributed by atoms with van der Waals surface area (Å²) in [6.45, 7) is 6.31. The van der Waals surface area contributed by atoms with Crippen molar-refractivity contribution in [1.82, 2.24) is 4.57 Å². The first-order valence-electron chi connectivity index (χ1n) is 9.64. The molecule has 154 valence electrons. The van der Waals surface area contributed by atoms with Gasteiger partial charge in [-0.2, -0.15) is 5.26 Å². The lowest BCUT2D eigenvalue weighted by atomic mass is 10.1. The number of ketones is 1. The van der Waals surface area contributed by atoms with Crippen LogP contribution in [0.5, 0.6) is 17.2 Å². The molecule has 0 N–H and O–H groups in total. The van der Waals surface area contributed by atoms with Crippen molar-refractivity contribution in [2.75, 3.05) is 20.3 Å². The van der Waals surface area contributed by atoms with E-state index < -0.39 is 0 Å². The molecule has 0 radical (unpaired) electrons. The standard InChI is InChI=1S/C24H24N2O4/c1-5-29-20-9-7-19(8-10-20)26-16(2)12-21(17(26)3)22(27)15-30-23-11-6-18(14-25)13-24(23)28-4/h6-13H,5,15H2,1-4H3. The summed E-state index contributed by atoms with van der Waals surface area (Å²) in [5.41, 5.74) is 3.83. The minimum atomic E-state index is -0.133. The Balaban J connectivity index is 1.79. The van der Waals surface area contributed by atoms with Crippen LogP contribution in [0.3, 0.4) is 0 Å². The number of methoxy groups -OCH3 is 1. The smallest absolute Gasteiger partial charge is 0.202 e. The molecule has 0 aliphatic carbocycles. The molecule has 0 saturated heterocycles. The highest BCUT2D eigenvalue weighted by atomic mass is 16.5. The van der Waals surface area contributed by atoms with Gasteiger partial charge in [-0.05, 0) is 63.2 Å². The predicted octanol–water partition coefficient (Wildman–Crippen LogP) is 4.63. The molecule has 6 nitrogen and oxygen atoms in total. The minimum Gasteiger partial charge on any atom is -0.494 e. The van der Waals surface area contributed by atoms with Gasteiger partial charge in [0.25, 0.3) is 0 Å². The number of carbonyl (C=O) groups excluding carboxylic acids is 1. The highest BCUT2D eigenvalue weighted by Gasteiger charge is 2.18. The van der Waals surface area contributed by atoms with Crippen LogP contribution in [0.4, 0.5) is 0 Å². The molecule has 0 fully saturated rings. The number of benzene rings is 2. The fourth-order valence-corrected chi connectivity index (χ4v) is 3.38. The Morgan fingerprint density at radius 2 is 1.77 bits per heavy atom. The third-order valence-electron chi connectivity index (χ3n) is 4.79. The number of aryl methyl sites for hydroxylation is 1. The minimum absolute atomic E-state index is 0.129. The number of nitriles is 1. The molecule has 0 atom stereocenters. The fourth-order valence-electron chi connectivity index (χ4n) is 3.38. The van der Waals surface area contributed by atoms with Crippen LogP contribution in [0.1, 0.15) is 34.2 Å². The second kappa shape index (κ2) is 9.19. The number of ether oxygens (including phenoxy) is 3. The van der Waals surface area contributed by atoms with E-state index in [-0.39, 0.29) is 12.4 Å². The van der Waals surface area contributed by atoms with Gasteiger partial charge in [-0.15, -0.1) is 0 Å². The van der Waals surface area contributed by atoms with E-state index in [1.807, 2.05) is 61.7 Å². The molecule has 0 aliphatic heterocycles. The number of aromatic nitrogens is 1. The van der Waals surface area contributed by atoms with Gasteiger partial charge in [-0.1, -0.05) is 0 Å². The van der Waals surface area contributed by atoms with Crippen molar-refractivity contribution in [2.45, 2.75) is 20.8 Å². The zero-order valence-electron chi connectivity index (χ0n) is 17.6. The third-order valence-corrected chi connectivity index (χ3v) is 4.79. The zero-order valence-corrected chi connectivity index (χ0v) is 17.6. The van der Waals surface area contributed by atoms with Crippen molar-refractivity contribution < 1.29 is 19.0 Å². The van der Waals surface area contributed by atoms with Crippen molar-refractivity contribution in [1.29, 1.82) is 5.26 Å². The molecular weight excluding hydrogens is 380 g/mol. The van der Waals surface area contributed by atoms with E-state index in [0.717, 1.165) is 22.8 Å². The van der Waals surface area contributed by atoms with Crippen LogP contribution in [-0.2, 0) is 0 Å². The molecule has 0 unspecified atom stereocenters. The summed E-state index contributed by atoms with van der Waals surface area (Å²) in [7, 11) is 1.50. The van der Waals surface area contributed by atoms with Crippen LogP contribution in [-0.4, -0.2) is 30.7 Å². The average molecular weight is 404 g/mol. The lowest BCUT2D eigenvalue weighted by Crippen LogP contribution is -2.13. The summed E-state index contributed by atoms with van der Waals surface area (Å²) in [4.78, 5) is 12.8. The molecular formula is C24H24N2O4. The summed E-state index contributed by atoms with van der Waals surface area (Å²) in [5, 5.41) is 9.00. The Morgan fingerprint density at radius 1 is 1.03 bits per heavy atom. The number of hydrogen-bond donors (Lipinski definition) is 0. The van der Waals surface area contributed by atoms with E-state index in [1.54, 1.807) is 18.2 Å². The Labute approximate surface area is 176 Å². The first-order chi connectivity index (χ1) is 14.5. The summed E-state index contributed by atoms with van der Waals surface area (Å²) in [6, 6.07) is 16.5. The fraction of sp³-hybridized carbons (Fsp3) is 0.250. The zero-order chi connectivity index (χ0) is 21.7. The van der Waals surface area contributed by atoms with Crippen molar-refractivity contribution in [3.8, 4) is 29.0 Å². The molecule has 6 heteroatoms. The van der Waals surface area contributed by atoms with Crippen LogP contribution >= 0.6 is 0 Å². The van der Waals surface area contributed by atoms with E-state index in [1.165, 1.54) is 7.11 Å². The Kier molecular flexibility index (Phi) is 6.43. The number of Topliss-reactive ketones (excluding diaryl/α,β-unsaturated/α-hetero) is 1. The highest BCUT2D eigenvalue weighted by molar-refractivity contribution is 5.98. The first kappa shape index (κ1) is 21.0. The third kappa shape index (κ3) is 4.31. The Morgan fingerprint density at radius 3 is 2.40 bits per heavy atom. The molecule has 0 amide bonds. The van der Waals surface area contributed by atoms with E-state index in [2.05, 4.69) is 0 Å². The van der Waals surface area contributed by atoms with Gasteiger partial charge >= 0.3 is 0 Å². The second-order valence-electron chi connectivity index (χ2n) is 6.74. The number of hydrogen-bond acceptors (Lipinski definition) is 5. The lowest BCUT2D eigenvalue weighted by molar-refractivity contribution is 0.0919. The van der Waals surface area contributed by atoms with Crippen molar-refractivity contribution in [2.24, 2.45) is 0 Å². The van der Waals surface area contributed by atoms with E-state index in [0.29, 0.717) is 29.2 Å². The van der Waals surface area contributed by atoms with Crippen molar-refractivity contribution >= 4 is 5.78 Å². The Bertz CT molecular complexity index is 1090. The number of carbonyl (C=O) groups is 1. The maximum atomic E-state index is 12.8. The molecule has 3 rings (SSSR count). The molecule has 30 heavy (non-hydrogen) atoms. The molecule has 1 heterocycles.